The molecule has 90 valence electrons. The SMILES string of the molecule is N#CCc1ccc(/C=C/CN)nc1C(F)(F)F. The van der Waals surface area contributed by atoms with E-state index in [1.165, 1.54) is 24.3 Å². The summed E-state index contributed by atoms with van der Waals surface area (Å²) in [6, 6.07) is 4.36. The van der Waals surface area contributed by atoms with Crippen LogP contribution in [0.25, 0.3) is 6.08 Å². The van der Waals surface area contributed by atoms with E-state index in [0.29, 0.717) is 0 Å². The molecule has 0 saturated carbocycles. The lowest BCUT2D eigenvalue weighted by Crippen LogP contribution is -2.12. The summed E-state index contributed by atoms with van der Waals surface area (Å²) in [4.78, 5) is 3.48. The standard InChI is InChI=1S/C11H10F3N3/c12-11(13,14)10-8(5-7-16)3-4-9(17-10)2-1-6-15/h1-4H,5-6,15H2/b2-1+. The number of alkyl halides is 3. The van der Waals surface area contributed by atoms with Crippen LogP contribution in [-0.4, -0.2) is 11.5 Å². The van der Waals surface area contributed by atoms with Crippen LogP contribution < -0.4 is 5.73 Å². The molecule has 0 unspecified atom stereocenters. The molecule has 0 spiro atoms. The zero-order chi connectivity index (χ0) is 12.9. The fourth-order valence-corrected chi connectivity index (χ4v) is 1.26. The second kappa shape index (κ2) is 5.46. The largest absolute Gasteiger partial charge is 0.433 e. The third-order valence-electron chi connectivity index (χ3n) is 1.96. The van der Waals surface area contributed by atoms with Gasteiger partial charge in [-0.3, -0.25) is 0 Å². The van der Waals surface area contributed by atoms with Gasteiger partial charge in [0.1, 0.15) is 5.69 Å². The second-order valence-electron chi connectivity index (χ2n) is 3.21. The summed E-state index contributed by atoms with van der Waals surface area (Å²) in [5.41, 5.74) is 4.23. The van der Waals surface area contributed by atoms with Crippen molar-refractivity contribution in [3.05, 3.63) is 35.2 Å². The smallest absolute Gasteiger partial charge is 0.327 e. The zero-order valence-electron chi connectivity index (χ0n) is 8.83. The number of nitrogens with two attached hydrogens (primary N) is 1. The van der Waals surface area contributed by atoms with Gasteiger partial charge in [-0.1, -0.05) is 12.1 Å². The van der Waals surface area contributed by atoms with E-state index in [-0.39, 0.29) is 24.2 Å². The fourth-order valence-electron chi connectivity index (χ4n) is 1.26. The highest BCUT2D eigenvalue weighted by Gasteiger charge is 2.35. The van der Waals surface area contributed by atoms with Gasteiger partial charge >= 0.3 is 6.18 Å². The lowest BCUT2D eigenvalue weighted by Gasteiger charge is -2.10. The zero-order valence-corrected chi connectivity index (χ0v) is 8.83. The van der Waals surface area contributed by atoms with Crippen LogP contribution in [0.2, 0.25) is 0 Å². The van der Waals surface area contributed by atoms with E-state index >= 15 is 0 Å². The molecule has 6 heteroatoms. The summed E-state index contributed by atoms with van der Waals surface area (Å²) >= 11 is 0. The molecule has 2 N–H and O–H groups in total. The van der Waals surface area contributed by atoms with Crippen LogP contribution in [0.1, 0.15) is 17.0 Å². The predicted octanol–water partition coefficient (Wildman–Crippen LogP) is 2.14. The number of aromatic nitrogens is 1. The number of nitriles is 1. The van der Waals surface area contributed by atoms with Crippen molar-refractivity contribution >= 4 is 6.08 Å². The quantitative estimate of drug-likeness (QED) is 0.881. The highest BCUT2D eigenvalue weighted by molar-refractivity contribution is 5.46. The van der Waals surface area contributed by atoms with Crippen molar-refractivity contribution in [1.82, 2.24) is 4.98 Å². The van der Waals surface area contributed by atoms with Crippen molar-refractivity contribution < 1.29 is 13.2 Å². The summed E-state index contributed by atoms with van der Waals surface area (Å²) in [7, 11) is 0. The molecule has 1 heterocycles. The van der Waals surface area contributed by atoms with E-state index in [1.54, 1.807) is 6.07 Å². The van der Waals surface area contributed by atoms with Crippen LogP contribution in [0.5, 0.6) is 0 Å². The Balaban J connectivity index is 3.20. The maximum Gasteiger partial charge on any atom is 0.433 e. The number of hydrogen-bond acceptors (Lipinski definition) is 3. The Morgan fingerprint density at radius 2 is 2.12 bits per heavy atom. The first-order chi connectivity index (χ1) is 7.99. The van der Waals surface area contributed by atoms with E-state index in [1.807, 2.05) is 0 Å². The molecule has 0 aliphatic rings. The Morgan fingerprint density at radius 1 is 1.41 bits per heavy atom. The van der Waals surface area contributed by atoms with Gasteiger partial charge in [0, 0.05) is 6.54 Å². The van der Waals surface area contributed by atoms with E-state index in [2.05, 4.69) is 4.98 Å². The molecule has 0 saturated heterocycles. The summed E-state index contributed by atoms with van der Waals surface area (Å²) in [6.45, 7) is 0.225. The van der Waals surface area contributed by atoms with E-state index in [9.17, 15) is 13.2 Å². The molecule has 17 heavy (non-hydrogen) atoms. The van der Waals surface area contributed by atoms with Gasteiger partial charge in [-0.05, 0) is 17.7 Å². The van der Waals surface area contributed by atoms with Gasteiger partial charge in [-0.2, -0.15) is 18.4 Å². The molecule has 0 fully saturated rings. The van der Waals surface area contributed by atoms with Crippen molar-refractivity contribution in [2.24, 2.45) is 5.73 Å². The normalized spacial score (nSPS) is 11.7. The molecule has 0 aliphatic heterocycles. The Kier molecular flexibility index (Phi) is 4.24. The molecule has 3 nitrogen and oxygen atoms in total. The minimum atomic E-state index is -4.56. The average molecular weight is 241 g/mol. The molecule has 0 bridgehead atoms. The Hall–Kier alpha value is -1.87. The van der Waals surface area contributed by atoms with Crippen LogP contribution in [0, 0.1) is 11.3 Å². The first-order valence-corrected chi connectivity index (χ1v) is 4.79. The van der Waals surface area contributed by atoms with Crippen LogP contribution in [0.4, 0.5) is 13.2 Å². The summed E-state index contributed by atoms with van der Waals surface area (Å²) < 4.78 is 38.0. The Bertz CT molecular complexity index is 458. The number of pyridine rings is 1. The van der Waals surface area contributed by atoms with Gasteiger partial charge in [-0.25, -0.2) is 4.98 Å². The first kappa shape index (κ1) is 13.2. The van der Waals surface area contributed by atoms with E-state index in [0.717, 1.165) is 0 Å². The number of halogens is 3. The van der Waals surface area contributed by atoms with Crippen LogP contribution in [0.15, 0.2) is 18.2 Å². The molecule has 0 atom stereocenters. The fraction of sp³-hybridized carbons (Fsp3) is 0.273. The lowest BCUT2D eigenvalue weighted by molar-refractivity contribution is -0.141. The average Bonchev–Trinajstić information content (AvgIpc) is 2.26. The topological polar surface area (TPSA) is 62.7 Å². The first-order valence-electron chi connectivity index (χ1n) is 4.79. The predicted molar refractivity (Wildman–Crippen MR) is 56.6 cm³/mol. The molecule has 1 aromatic rings. The maximum atomic E-state index is 12.7. The van der Waals surface area contributed by atoms with Gasteiger partial charge < -0.3 is 5.73 Å². The number of hydrogen-bond donors (Lipinski definition) is 1. The lowest BCUT2D eigenvalue weighted by atomic mass is 10.1. The van der Waals surface area contributed by atoms with Crippen molar-refractivity contribution in [2.75, 3.05) is 6.54 Å². The molecule has 0 aliphatic carbocycles. The Labute approximate surface area is 96.4 Å². The van der Waals surface area contributed by atoms with Crippen molar-refractivity contribution in [2.45, 2.75) is 12.6 Å². The number of nitrogens with zero attached hydrogens (tertiary/aromatic N) is 2. The van der Waals surface area contributed by atoms with E-state index in [4.69, 9.17) is 11.0 Å². The van der Waals surface area contributed by atoms with Crippen LogP contribution >= 0.6 is 0 Å². The van der Waals surface area contributed by atoms with Crippen LogP contribution in [0.3, 0.4) is 0 Å². The highest BCUT2D eigenvalue weighted by Crippen LogP contribution is 2.30. The molecule has 0 amide bonds. The van der Waals surface area contributed by atoms with Crippen LogP contribution in [-0.2, 0) is 12.6 Å². The second-order valence-corrected chi connectivity index (χ2v) is 3.21. The molecule has 0 aromatic carbocycles. The van der Waals surface area contributed by atoms with Crippen molar-refractivity contribution in [3.8, 4) is 6.07 Å². The van der Waals surface area contributed by atoms with E-state index < -0.39 is 11.9 Å². The molecule has 1 aromatic heterocycles. The minimum Gasteiger partial charge on any atom is -0.327 e. The number of rotatable bonds is 3. The maximum absolute atomic E-state index is 12.7. The van der Waals surface area contributed by atoms with Gasteiger partial charge in [0.25, 0.3) is 0 Å². The van der Waals surface area contributed by atoms with Gasteiger partial charge in [-0.15, -0.1) is 0 Å². The van der Waals surface area contributed by atoms with Crippen molar-refractivity contribution in [3.63, 3.8) is 0 Å². The monoisotopic (exact) mass is 241 g/mol. The third-order valence-corrected chi connectivity index (χ3v) is 1.96. The Morgan fingerprint density at radius 3 is 2.65 bits per heavy atom. The van der Waals surface area contributed by atoms with Gasteiger partial charge in [0.05, 0.1) is 18.2 Å². The summed E-state index contributed by atoms with van der Waals surface area (Å²) in [5, 5.41) is 8.44. The highest BCUT2D eigenvalue weighted by atomic mass is 19.4. The van der Waals surface area contributed by atoms with Crippen molar-refractivity contribution in [1.29, 1.82) is 5.26 Å². The molecule has 0 radical (unpaired) electrons. The minimum absolute atomic E-state index is 0.120. The molecule has 1 rings (SSSR count). The van der Waals surface area contributed by atoms with Gasteiger partial charge in [0.15, 0.2) is 0 Å². The summed E-state index contributed by atoms with van der Waals surface area (Å²) in [6.07, 6.45) is -1.96. The third kappa shape index (κ3) is 3.57. The van der Waals surface area contributed by atoms with Gasteiger partial charge in [0.2, 0.25) is 0 Å². The summed E-state index contributed by atoms with van der Waals surface area (Å²) in [5.74, 6) is 0. The molecular weight excluding hydrogens is 231 g/mol. The molecular formula is C11H10F3N3.